The smallest absolute Gasteiger partial charge is 0.337 e. The molecule has 1 fully saturated rings. The number of hydrogen-bond acceptors (Lipinski definition) is 3. The van der Waals surface area contributed by atoms with E-state index in [1.165, 1.54) is 12.1 Å². The molecule has 1 saturated heterocycles. The SMILES string of the molecule is NCC1CC(=O)N(c2ccc(C(=O)O)c(Cl)c2)C1. The monoisotopic (exact) mass is 268 g/mol. The molecular formula is C12H13ClN2O3. The molecule has 1 unspecified atom stereocenters. The van der Waals surface area contributed by atoms with Crippen LogP contribution in [0.15, 0.2) is 18.2 Å². The first-order valence-electron chi connectivity index (χ1n) is 5.56. The van der Waals surface area contributed by atoms with Gasteiger partial charge in [-0.05, 0) is 30.7 Å². The Labute approximate surface area is 109 Å². The maximum Gasteiger partial charge on any atom is 0.337 e. The van der Waals surface area contributed by atoms with Gasteiger partial charge in [-0.1, -0.05) is 11.6 Å². The van der Waals surface area contributed by atoms with Crippen LogP contribution >= 0.6 is 11.6 Å². The van der Waals surface area contributed by atoms with Gasteiger partial charge < -0.3 is 15.7 Å². The summed E-state index contributed by atoms with van der Waals surface area (Å²) in [6, 6.07) is 4.50. The Bertz CT molecular complexity index is 504. The third-order valence-corrected chi connectivity index (χ3v) is 3.35. The lowest BCUT2D eigenvalue weighted by atomic mass is 10.1. The molecule has 1 heterocycles. The highest BCUT2D eigenvalue weighted by molar-refractivity contribution is 6.33. The molecule has 1 atom stereocenters. The average molecular weight is 269 g/mol. The first-order chi connectivity index (χ1) is 8.52. The summed E-state index contributed by atoms with van der Waals surface area (Å²) in [5.74, 6) is -0.945. The summed E-state index contributed by atoms with van der Waals surface area (Å²) >= 11 is 5.88. The van der Waals surface area contributed by atoms with Gasteiger partial charge in [0, 0.05) is 18.7 Å². The molecule has 0 aliphatic carbocycles. The van der Waals surface area contributed by atoms with Crippen LogP contribution in [-0.4, -0.2) is 30.1 Å². The zero-order valence-electron chi connectivity index (χ0n) is 9.60. The number of carboxylic acid groups (broad SMARTS) is 1. The molecule has 5 nitrogen and oxygen atoms in total. The van der Waals surface area contributed by atoms with Crippen molar-refractivity contribution in [1.29, 1.82) is 0 Å². The number of carbonyl (C=O) groups excluding carboxylic acids is 1. The zero-order chi connectivity index (χ0) is 13.3. The first kappa shape index (κ1) is 12.9. The molecule has 1 aliphatic heterocycles. The van der Waals surface area contributed by atoms with E-state index in [4.69, 9.17) is 22.4 Å². The van der Waals surface area contributed by atoms with Gasteiger partial charge in [-0.15, -0.1) is 0 Å². The number of nitrogens with two attached hydrogens (primary N) is 1. The molecule has 0 spiro atoms. The predicted octanol–water partition coefficient (Wildman–Crippen LogP) is 1.35. The van der Waals surface area contributed by atoms with Gasteiger partial charge in [0.2, 0.25) is 5.91 Å². The fourth-order valence-electron chi connectivity index (χ4n) is 2.03. The van der Waals surface area contributed by atoms with Gasteiger partial charge in [0.25, 0.3) is 0 Å². The van der Waals surface area contributed by atoms with E-state index in [1.807, 2.05) is 0 Å². The fourth-order valence-corrected chi connectivity index (χ4v) is 2.29. The van der Waals surface area contributed by atoms with Crippen LogP contribution in [0.4, 0.5) is 5.69 Å². The van der Waals surface area contributed by atoms with Gasteiger partial charge >= 0.3 is 5.97 Å². The van der Waals surface area contributed by atoms with Crippen LogP contribution in [0, 0.1) is 5.92 Å². The number of nitrogens with zero attached hydrogens (tertiary/aromatic N) is 1. The Morgan fingerprint density at radius 1 is 1.56 bits per heavy atom. The van der Waals surface area contributed by atoms with Crippen molar-refractivity contribution in [3.05, 3.63) is 28.8 Å². The van der Waals surface area contributed by atoms with Crippen LogP contribution in [0.5, 0.6) is 0 Å². The molecule has 3 N–H and O–H groups in total. The van der Waals surface area contributed by atoms with Crippen molar-refractivity contribution in [3.63, 3.8) is 0 Å². The van der Waals surface area contributed by atoms with Crippen molar-refractivity contribution < 1.29 is 14.7 Å². The van der Waals surface area contributed by atoms with Crippen LogP contribution in [0.1, 0.15) is 16.8 Å². The summed E-state index contributed by atoms with van der Waals surface area (Å²) in [4.78, 5) is 24.2. The second kappa shape index (κ2) is 4.96. The standard InChI is InChI=1S/C12H13ClN2O3/c13-10-4-8(1-2-9(10)12(17)18)15-6-7(5-14)3-11(15)16/h1-2,4,7H,3,5-6,14H2,(H,17,18). The number of anilines is 1. The number of benzene rings is 1. The normalized spacial score (nSPS) is 19.3. The van der Waals surface area contributed by atoms with Gasteiger partial charge in [-0.3, -0.25) is 4.79 Å². The highest BCUT2D eigenvalue weighted by atomic mass is 35.5. The minimum Gasteiger partial charge on any atom is -0.478 e. The molecule has 0 saturated carbocycles. The van der Waals surface area contributed by atoms with Crippen LogP contribution in [-0.2, 0) is 4.79 Å². The van der Waals surface area contributed by atoms with Crippen molar-refractivity contribution in [2.45, 2.75) is 6.42 Å². The fraction of sp³-hybridized carbons (Fsp3) is 0.333. The van der Waals surface area contributed by atoms with E-state index in [-0.39, 0.29) is 22.4 Å². The quantitative estimate of drug-likeness (QED) is 0.867. The lowest BCUT2D eigenvalue weighted by molar-refractivity contribution is -0.117. The molecule has 2 rings (SSSR count). The number of rotatable bonds is 3. The minimum absolute atomic E-state index is 0.00964. The number of amides is 1. The van der Waals surface area contributed by atoms with E-state index in [2.05, 4.69) is 0 Å². The van der Waals surface area contributed by atoms with Crippen LogP contribution in [0.3, 0.4) is 0 Å². The van der Waals surface area contributed by atoms with Crippen molar-refractivity contribution in [3.8, 4) is 0 Å². The molecule has 1 aromatic rings. The summed E-state index contributed by atoms with van der Waals surface area (Å²) in [6.45, 7) is 1.02. The van der Waals surface area contributed by atoms with E-state index < -0.39 is 5.97 Å². The number of halogens is 1. The summed E-state index contributed by atoms with van der Waals surface area (Å²) in [6.07, 6.45) is 0.425. The number of carbonyl (C=O) groups is 2. The second-order valence-electron chi connectivity index (χ2n) is 4.28. The lowest BCUT2D eigenvalue weighted by Gasteiger charge is -2.17. The maximum atomic E-state index is 11.8. The van der Waals surface area contributed by atoms with Gasteiger partial charge in [-0.25, -0.2) is 4.79 Å². The van der Waals surface area contributed by atoms with E-state index in [1.54, 1.807) is 11.0 Å². The summed E-state index contributed by atoms with van der Waals surface area (Å²) in [7, 11) is 0. The highest BCUT2D eigenvalue weighted by Gasteiger charge is 2.30. The number of carboxylic acids is 1. The molecule has 18 heavy (non-hydrogen) atoms. The summed E-state index contributed by atoms with van der Waals surface area (Å²) < 4.78 is 0. The Hall–Kier alpha value is -1.59. The first-order valence-corrected chi connectivity index (χ1v) is 5.94. The van der Waals surface area contributed by atoms with E-state index in [0.29, 0.717) is 25.2 Å². The van der Waals surface area contributed by atoms with E-state index in [0.717, 1.165) is 0 Å². The van der Waals surface area contributed by atoms with Crippen molar-refractivity contribution in [2.75, 3.05) is 18.0 Å². The summed E-state index contributed by atoms with van der Waals surface area (Å²) in [5, 5.41) is 9.00. The molecule has 0 radical (unpaired) electrons. The molecule has 6 heteroatoms. The molecular weight excluding hydrogens is 256 g/mol. The molecule has 1 aromatic carbocycles. The van der Waals surface area contributed by atoms with Crippen molar-refractivity contribution in [2.24, 2.45) is 11.7 Å². The van der Waals surface area contributed by atoms with E-state index in [9.17, 15) is 9.59 Å². The molecule has 96 valence electrons. The minimum atomic E-state index is -1.08. The molecule has 1 aliphatic rings. The third-order valence-electron chi connectivity index (χ3n) is 3.03. The lowest BCUT2D eigenvalue weighted by Crippen LogP contribution is -2.25. The van der Waals surface area contributed by atoms with Crippen LogP contribution in [0.25, 0.3) is 0 Å². The van der Waals surface area contributed by atoms with E-state index >= 15 is 0 Å². The summed E-state index contributed by atoms with van der Waals surface area (Å²) in [5.41, 5.74) is 6.19. The van der Waals surface area contributed by atoms with Gasteiger partial charge in [-0.2, -0.15) is 0 Å². The Morgan fingerprint density at radius 3 is 2.78 bits per heavy atom. The Kier molecular flexibility index (Phi) is 3.54. The van der Waals surface area contributed by atoms with Crippen LogP contribution < -0.4 is 10.6 Å². The Morgan fingerprint density at radius 2 is 2.28 bits per heavy atom. The van der Waals surface area contributed by atoms with Crippen LogP contribution in [0.2, 0.25) is 5.02 Å². The average Bonchev–Trinajstić information content (AvgIpc) is 2.70. The molecule has 0 bridgehead atoms. The van der Waals surface area contributed by atoms with Crippen molar-refractivity contribution >= 4 is 29.2 Å². The largest absolute Gasteiger partial charge is 0.478 e. The zero-order valence-corrected chi connectivity index (χ0v) is 10.4. The van der Waals surface area contributed by atoms with Gasteiger partial charge in [0.1, 0.15) is 0 Å². The predicted molar refractivity (Wildman–Crippen MR) is 67.9 cm³/mol. The highest BCUT2D eigenvalue weighted by Crippen LogP contribution is 2.28. The Balaban J connectivity index is 2.27. The van der Waals surface area contributed by atoms with Gasteiger partial charge in [0.05, 0.1) is 10.6 Å². The third kappa shape index (κ3) is 2.32. The van der Waals surface area contributed by atoms with Gasteiger partial charge in [0.15, 0.2) is 0 Å². The second-order valence-corrected chi connectivity index (χ2v) is 4.69. The molecule has 1 amide bonds. The number of hydrogen-bond donors (Lipinski definition) is 2. The topological polar surface area (TPSA) is 83.6 Å². The maximum absolute atomic E-state index is 11.8. The van der Waals surface area contributed by atoms with Crippen molar-refractivity contribution in [1.82, 2.24) is 0 Å². The number of aromatic carboxylic acids is 1. The molecule has 0 aromatic heterocycles.